The summed E-state index contributed by atoms with van der Waals surface area (Å²) in [5.41, 5.74) is 1.13. The molecule has 114 valence electrons. The number of benzene rings is 1. The first-order chi connectivity index (χ1) is 10.2. The van der Waals surface area contributed by atoms with Crippen LogP contribution in [0.5, 0.6) is 11.5 Å². The van der Waals surface area contributed by atoms with Crippen molar-refractivity contribution < 1.29 is 19.4 Å². The van der Waals surface area contributed by atoms with Crippen LogP contribution in [-0.2, 0) is 11.3 Å². The molecule has 0 spiro atoms. The van der Waals surface area contributed by atoms with Crippen molar-refractivity contribution in [2.75, 3.05) is 13.3 Å². The Morgan fingerprint density at radius 1 is 1.24 bits per heavy atom. The predicted molar refractivity (Wildman–Crippen MR) is 77.4 cm³/mol. The van der Waals surface area contributed by atoms with Gasteiger partial charge in [0.15, 0.2) is 11.5 Å². The van der Waals surface area contributed by atoms with Gasteiger partial charge in [-0.3, -0.25) is 4.79 Å². The first-order valence-electron chi connectivity index (χ1n) is 7.56. The molecule has 1 aromatic rings. The molecular formula is C16H21NO4. The zero-order valence-corrected chi connectivity index (χ0v) is 12.0. The summed E-state index contributed by atoms with van der Waals surface area (Å²) in [6.07, 6.45) is 3.99. The predicted octanol–water partition coefficient (Wildman–Crippen LogP) is 2.40. The Labute approximate surface area is 124 Å². The van der Waals surface area contributed by atoms with Crippen molar-refractivity contribution in [3.63, 3.8) is 0 Å². The molecule has 1 aliphatic carbocycles. The molecule has 2 N–H and O–H groups in total. The summed E-state index contributed by atoms with van der Waals surface area (Å²) >= 11 is 0. The lowest BCUT2D eigenvalue weighted by Gasteiger charge is -2.28. The molecule has 21 heavy (non-hydrogen) atoms. The van der Waals surface area contributed by atoms with Crippen molar-refractivity contribution in [2.24, 2.45) is 11.8 Å². The Kier molecular flexibility index (Phi) is 4.29. The van der Waals surface area contributed by atoms with Gasteiger partial charge in [-0.1, -0.05) is 18.9 Å². The molecule has 0 saturated heterocycles. The Bertz CT molecular complexity index is 517. The third-order valence-corrected chi connectivity index (χ3v) is 4.40. The van der Waals surface area contributed by atoms with E-state index in [1.807, 2.05) is 18.2 Å². The highest BCUT2D eigenvalue weighted by Gasteiger charge is 2.30. The van der Waals surface area contributed by atoms with Gasteiger partial charge in [-0.05, 0) is 43.0 Å². The smallest absolute Gasteiger partial charge is 0.306 e. The van der Waals surface area contributed by atoms with Crippen LogP contribution < -0.4 is 14.8 Å². The molecule has 1 fully saturated rings. The van der Waals surface area contributed by atoms with E-state index in [0.29, 0.717) is 0 Å². The molecule has 1 heterocycles. The van der Waals surface area contributed by atoms with Crippen molar-refractivity contribution in [2.45, 2.75) is 32.2 Å². The fourth-order valence-corrected chi connectivity index (χ4v) is 3.23. The second kappa shape index (κ2) is 6.35. The van der Waals surface area contributed by atoms with Crippen molar-refractivity contribution >= 4 is 5.97 Å². The SMILES string of the molecule is O=C(O)C1CCCCC1CNCc1ccc2c(c1)OCO2. The minimum atomic E-state index is -0.649. The van der Waals surface area contributed by atoms with Gasteiger partial charge in [0.2, 0.25) is 6.79 Å². The van der Waals surface area contributed by atoms with Crippen molar-refractivity contribution in [1.29, 1.82) is 0 Å². The monoisotopic (exact) mass is 291 g/mol. The van der Waals surface area contributed by atoms with Crippen LogP contribution >= 0.6 is 0 Å². The number of carboxylic acid groups (broad SMARTS) is 1. The van der Waals surface area contributed by atoms with Gasteiger partial charge in [0, 0.05) is 6.54 Å². The highest BCUT2D eigenvalue weighted by Crippen LogP contribution is 2.33. The first-order valence-corrected chi connectivity index (χ1v) is 7.56. The Morgan fingerprint density at radius 3 is 2.90 bits per heavy atom. The van der Waals surface area contributed by atoms with Crippen molar-refractivity contribution in [1.82, 2.24) is 5.32 Å². The lowest BCUT2D eigenvalue weighted by atomic mass is 9.79. The maximum absolute atomic E-state index is 11.3. The summed E-state index contributed by atoms with van der Waals surface area (Å²) < 4.78 is 10.6. The molecule has 3 rings (SSSR count). The maximum atomic E-state index is 11.3. The van der Waals surface area contributed by atoms with Gasteiger partial charge in [-0.2, -0.15) is 0 Å². The van der Waals surface area contributed by atoms with Gasteiger partial charge in [0.05, 0.1) is 5.92 Å². The molecule has 0 amide bonds. The third-order valence-electron chi connectivity index (χ3n) is 4.40. The van der Waals surface area contributed by atoms with Crippen LogP contribution in [0.2, 0.25) is 0 Å². The number of rotatable bonds is 5. The normalized spacial score (nSPS) is 24.0. The minimum Gasteiger partial charge on any atom is -0.481 e. The van der Waals surface area contributed by atoms with E-state index in [9.17, 15) is 9.90 Å². The molecule has 0 bridgehead atoms. The molecule has 1 aromatic carbocycles. The number of fused-ring (bicyclic) bond motifs is 1. The van der Waals surface area contributed by atoms with Crippen LogP contribution in [0, 0.1) is 11.8 Å². The summed E-state index contributed by atoms with van der Waals surface area (Å²) in [6.45, 7) is 1.76. The molecule has 5 heteroatoms. The van der Waals surface area contributed by atoms with Crippen LogP contribution in [0.4, 0.5) is 0 Å². The molecular weight excluding hydrogens is 270 g/mol. The number of ether oxygens (including phenoxy) is 2. The summed E-state index contributed by atoms with van der Waals surface area (Å²) in [5.74, 6) is 0.977. The van der Waals surface area contributed by atoms with E-state index in [0.717, 1.165) is 55.8 Å². The highest BCUT2D eigenvalue weighted by atomic mass is 16.7. The topological polar surface area (TPSA) is 67.8 Å². The van der Waals surface area contributed by atoms with Gasteiger partial charge in [0.1, 0.15) is 0 Å². The standard InChI is InChI=1S/C16H21NO4/c18-16(19)13-4-2-1-3-12(13)9-17-8-11-5-6-14-15(7-11)21-10-20-14/h5-7,12-13,17H,1-4,8-10H2,(H,18,19). The number of aliphatic carboxylic acids is 1. The maximum Gasteiger partial charge on any atom is 0.306 e. The van der Waals surface area contributed by atoms with E-state index < -0.39 is 5.97 Å². The van der Waals surface area contributed by atoms with Gasteiger partial charge in [-0.15, -0.1) is 0 Å². The molecule has 2 atom stereocenters. The van der Waals surface area contributed by atoms with E-state index in [2.05, 4.69) is 5.32 Å². The highest BCUT2D eigenvalue weighted by molar-refractivity contribution is 5.70. The Balaban J connectivity index is 1.52. The molecule has 1 aliphatic heterocycles. The molecule has 0 radical (unpaired) electrons. The second-order valence-electron chi connectivity index (χ2n) is 5.81. The van der Waals surface area contributed by atoms with Crippen LogP contribution in [0.25, 0.3) is 0 Å². The fourth-order valence-electron chi connectivity index (χ4n) is 3.23. The number of hydrogen-bond donors (Lipinski definition) is 2. The zero-order chi connectivity index (χ0) is 14.7. The number of carbonyl (C=O) groups is 1. The second-order valence-corrected chi connectivity index (χ2v) is 5.81. The van der Waals surface area contributed by atoms with E-state index in [1.54, 1.807) is 0 Å². The lowest BCUT2D eigenvalue weighted by Crippen LogP contribution is -2.34. The largest absolute Gasteiger partial charge is 0.481 e. The molecule has 0 aromatic heterocycles. The molecule has 2 aliphatic rings. The Morgan fingerprint density at radius 2 is 2.05 bits per heavy atom. The number of nitrogens with one attached hydrogen (secondary N) is 1. The fraction of sp³-hybridized carbons (Fsp3) is 0.562. The summed E-state index contributed by atoms with van der Waals surface area (Å²) in [7, 11) is 0. The summed E-state index contributed by atoms with van der Waals surface area (Å²) in [5, 5.41) is 12.7. The first kappa shape index (κ1) is 14.2. The van der Waals surface area contributed by atoms with Gasteiger partial charge in [0.25, 0.3) is 0 Å². The van der Waals surface area contributed by atoms with Crippen LogP contribution in [-0.4, -0.2) is 24.4 Å². The average Bonchev–Trinajstić information content (AvgIpc) is 2.95. The molecule has 5 nitrogen and oxygen atoms in total. The van der Waals surface area contributed by atoms with Gasteiger partial charge >= 0.3 is 5.97 Å². The molecule has 2 unspecified atom stereocenters. The summed E-state index contributed by atoms with van der Waals surface area (Å²) in [6, 6.07) is 5.90. The number of hydrogen-bond acceptors (Lipinski definition) is 4. The van der Waals surface area contributed by atoms with E-state index >= 15 is 0 Å². The third kappa shape index (κ3) is 3.29. The quantitative estimate of drug-likeness (QED) is 0.872. The lowest BCUT2D eigenvalue weighted by molar-refractivity contribution is -0.144. The van der Waals surface area contributed by atoms with Crippen LogP contribution in [0.1, 0.15) is 31.2 Å². The van der Waals surface area contributed by atoms with Crippen molar-refractivity contribution in [3.05, 3.63) is 23.8 Å². The van der Waals surface area contributed by atoms with E-state index in [4.69, 9.17) is 9.47 Å². The van der Waals surface area contributed by atoms with E-state index in [1.165, 1.54) is 0 Å². The number of carboxylic acids is 1. The average molecular weight is 291 g/mol. The molecule has 1 saturated carbocycles. The summed E-state index contributed by atoms with van der Waals surface area (Å²) in [4.78, 5) is 11.3. The Hall–Kier alpha value is -1.75. The van der Waals surface area contributed by atoms with Gasteiger partial charge in [-0.25, -0.2) is 0 Å². The van der Waals surface area contributed by atoms with Crippen LogP contribution in [0.15, 0.2) is 18.2 Å². The van der Waals surface area contributed by atoms with Gasteiger partial charge < -0.3 is 19.9 Å². The van der Waals surface area contributed by atoms with Crippen LogP contribution in [0.3, 0.4) is 0 Å². The minimum absolute atomic E-state index is 0.192. The van der Waals surface area contributed by atoms with E-state index in [-0.39, 0.29) is 18.6 Å². The van der Waals surface area contributed by atoms with Crippen molar-refractivity contribution in [3.8, 4) is 11.5 Å². The zero-order valence-electron chi connectivity index (χ0n) is 12.0.